The van der Waals surface area contributed by atoms with E-state index >= 15 is 0 Å². The van der Waals surface area contributed by atoms with Crippen LogP contribution in [-0.2, 0) is 32.6 Å². The van der Waals surface area contributed by atoms with Gasteiger partial charge in [0.1, 0.15) is 24.2 Å². The first kappa shape index (κ1) is 37.1. The molecule has 0 heterocycles. The predicted molar refractivity (Wildman–Crippen MR) is 195 cm³/mol. The van der Waals surface area contributed by atoms with Crippen molar-refractivity contribution in [1.29, 1.82) is 0 Å². The summed E-state index contributed by atoms with van der Waals surface area (Å²) < 4.78 is 49.0. The van der Waals surface area contributed by atoms with Crippen LogP contribution in [-0.4, -0.2) is 50.4 Å². The third kappa shape index (κ3) is 9.56. The van der Waals surface area contributed by atoms with Crippen LogP contribution < -0.4 is 14.4 Å². The van der Waals surface area contributed by atoms with Crippen molar-refractivity contribution in [2.75, 3.05) is 17.5 Å². The van der Waals surface area contributed by atoms with Gasteiger partial charge in [0.25, 0.3) is 10.0 Å². The first-order valence-electron chi connectivity index (χ1n) is 16.6. The Morgan fingerprint density at radius 1 is 0.880 bits per heavy atom. The van der Waals surface area contributed by atoms with Crippen molar-refractivity contribution in [3.63, 3.8) is 0 Å². The van der Waals surface area contributed by atoms with Crippen molar-refractivity contribution in [2.24, 2.45) is 0 Å². The van der Waals surface area contributed by atoms with Crippen LogP contribution in [0.15, 0.2) is 102 Å². The molecule has 264 valence electrons. The maximum atomic E-state index is 14.7. The number of benzene rings is 4. The van der Waals surface area contributed by atoms with Gasteiger partial charge in [0.2, 0.25) is 11.8 Å². The summed E-state index contributed by atoms with van der Waals surface area (Å²) in [7, 11) is -4.37. The van der Waals surface area contributed by atoms with E-state index in [-0.39, 0.29) is 40.5 Å². The van der Waals surface area contributed by atoms with Crippen molar-refractivity contribution in [1.82, 2.24) is 10.2 Å². The molecule has 2 amide bonds. The summed E-state index contributed by atoms with van der Waals surface area (Å²) in [6, 6.07) is 23.9. The highest BCUT2D eigenvalue weighted by molar-refractivity contribution is 7.92. The largest absolute Gasteiger partial charge is 0.494 e. The highest BCUT2D eigenvalue weighted by Crippen LogP contribution is 2.28. The lowest BCUT2D eigenvalue weighted by Crippen LogP contribution is -2.55. The van der Waals surface area contributed by atoms with Crippen molar-refractivity contribution in [3.8, 4) is 5.75 Å². The van der Waals surface area contributed by atoms with Crippen molar-refractivity contribution >= 4 is 50.7 Å². The molecule has 0 spiro atoms. The van der Waals surface area contributed by atoms with Crippen LogP contribution in [0.3, 0.4) is 0 Å². The molecule has 1 fully saturated rings. The molecule has 4 aromatic carbocycles. The summed E-state index contributed by atoms with van der Waals surface area (Å²) in [6.45, 7) is 1.47. The van der Waals surface area contributed by atoms with Gasteiger partial charge in [-0.2, -0.15) is 0 Å². The number of carbonyl (C=O) groups is 2. The van der Waals surface area contributed by atoms with Gasteiger partial charge in [0.15, 0.2) is 0 Å². The number of sulfonamides is 1. The maximum Gasteiger partial charge on any atom is 0.264 e. The Balaban J connectivity index is 1.56. The number of halogens is 3. The second-order valence-corrected chi connectivity index (χ2v) is 14.9. The molecule has 12 heteroatoms. The smallest absolute Gasteiger partial charge is 0.264 e. The number of anilines is 1. The first-order chi connectivity index (χ1) is 24.0. The zero-order chi connectivity index (χ0) is 35.7. The molecule has 0 radical (unpaired) electrons. The molecule has 0 aromatic heterocycles. The minimum absolute atomic E-state index is 0.0350. The van der Waals surface area contributed by atoms with Gasteiger partial charge in [-0.05, 0) is 91.6 Å². The second kappa shape index (κ2) is 17.2. The molecule has 8 nitrogen and oxygen atoms in total. The summed E-state index contributed by atoms with van der Waals surface area (Å²) in [5.41, 5.74) is 1.49. The molecule has 1 N–H and O–H groups in total. The van der Waals surface area contributed by atoms with E-state index in [2.05, 4.69) is 5.32 Å². The molecule has 1 saturated carbocycles. The van der Waals surface area contributed by atoms with Crippen LogP contribution >= 0.6 is 23.2 Å². The number of nitrogens with zero attached hydrogens (tertiary/aromatic N) is 2. The van der Waals surface area contributed by atoms with Gasteiger partial charge >= 0.3 is 0 Å². The third-order valence-electron chi connectivity index (χ3n) is 8.68. The van der Waals surface area contributed by atoms with E-state index in [9.17, 15) is 22.4 Å². The molecule has 4 aromatic rings. The summed E-state index contributed by atoms with van der Waals surface area (Å²) in [5, 5.41) is 3.78. The molecule has 1 atom stereocenters. The fraction of sp³-hybridized carbons (Fsp3) is 0.316. The lowest BCUT2D eigenvalue weighted by Gasteiger charge is -2.35. The molecule has 1 unspecified atom stereocenters. The number of ether oxygens (including phenoxy) is 1. The minimum Gasteiger partial charge on any atom is -0.494 e. The van der Waals surface area contributed by atoms with Gasteiger partial charge in [-0.25, -0.2) is 12.8 Å². The number of nitrogens with one attached hydrogen (secondary N) is 1. The van der Waals surface area contributed by atoms with E-state index in [0.29, 0.717) is 22.9 Å². The number of hydrogen-bond acceptors (Lipinski definition) is 5. The molecule has 50 heavy (non-hydrogen) atoms. The topological polar surface area (TPSA) is 96.0 Å². The van der Waals surface area contributed by atoms with Crippen LogP contribution in [0.25, 0.3) is 0 Å². The standard InChI is InChI=1S/C38H40Cl2FN3O5S/c1-2-49-32-18-20-33(21-19-32)50(47,48)44(31-16-14-29(41)15-17-31)26-37(45)43(25-28-13-22-34(39)35(40)23-28)36(24-27-9-5-3-6-10-27)38(46)42-30-11-7-4-8-12-30/h3,5-6,9-10,13-23,30,36H,2,4,7-8,11-12,24-26H2,1H3,(H,42,46). The number of amides is 2. The highest BCUT2D eigenvalue weighted by atomic mass is 35.5. The average Bonchev–Trinajstić information content (AvgIpc) is 3.12. The molecule has 0 saturated heterocycles. The summed E-state index contributed by atoms with van der Waals surface area (Å²) >= 11 is 12.6. The van der Waals surface area contributed by atoms with Crippen molar-refractivity contribution < 1.29 is 27.1 Å². The molecule has 1 aliphatic rings. The fourth-order valence-electron chi connectivity index (χ4n) is 6.07. The fourth-order valence-corrected chi connectivity index (χ4v) is 7.81. The summed E-state index contributed by atoms with van der Waals surface area (Å²) in [5.74, 6) is -1.06. The highest BCUT2D eigenvalue weighted by Gasteiger charge is 2.35. The number of carbonyl (C=O) groups excluding carboxylic acids is 2. The molecular formula is C38H40Cl2FN3O5S. The van der Waals surface area contributed by atoms with Gasteiger partial charge in [-0.15, -0.1) is 0 Å². The molecule has 1 aliphatic carbocycles. The molecule has 5 rings (SSSR count). The molecular weight excluding hydrogens is 700 g/mol. The van der Waals surface area contributed by atoms with Gasteiger partial charge in [0, 0.05) is 19.0 Å². The average molecular weight is 741 g/mol. The predicted octanol–water partition coefficient (Wildman–Crippen LogP) is 7.82. The van der Waals surface area contributed by atoms with E-state index in [4.69, 9.17) is 27.9 Å². The number of rotatable bonds is 14. The Labute approximate surface area is 303 Å². The zero-order valence-corrected chi connectivity index (χ0v) is 30.1. The van der Waals surface area contributed by atoms with E-state index < -0.39 is 34.3 Å². The Morgan fingerprint density at radius 3 is 2.20 bits per heavy atom. The van der Waals surface area contributed by atoms with Crippen LogP contribution in [0.1, 0.15) is 50.2 Å². The van der Waals surface area contributed by atoms with E-state index in [1.165, 1.54) is 41.3 Å². The van der Waals surface area contributed by atoms with Crippen LogP contribution in [0.5, 0.6) is 5.75 Å². The third-order valence-corrected chi connectivity index (χ3v) is 11.2. The lowest BCUT2D eigenvalue weighted by molar-refractivity contribution is -0.140. The van der Waals surface area contributed by atoms with Crippen LogP contribution in [0.4, 0.5) is 10.1 Å². The molecule has 0 aliphatic heterocycles. The Morgan fingerprint density at radius 2 is 1.56 bits per heavy atom. The Kier molecular flexibility index (Phi) is 12.8. The summed E-state index contributed by atoms with van der Waals surface area (Å²) in [6.07, 6.45) is 4.94. The lowest BCUT2D eigenvalue weighted by atomic mass is 9.94. The van der Waals surface area contributed by atoms with Crippen molar-refractivity contribution in [2.45, 2.75) is 69.0 Å². The SMILES string of the molecule is CCOc1ccc(S(=O)(=O)N(CC(=O)N(Cc2ccc(Cl)c(Cl)c2)C(Cc2ccccc2)C(=O)NC2CCCCC2)c2ccc(F)cc2)cc1. The van der Waals surface area contributed by atoms with E-state index in [1.807, 2.05) is 37.3 Å². The van der Waals surface area contributed by atoms with Crippen molar-refractivity contribution in [3.05, 3.63) is 124 Å². The Hall–Kier alpha value is -4.12. The van der Waals surface area contributed by atoms with Gasteiger partial charge < -0.3 is 15.0 Å². The van der Waals surface area contributed by atoms with Gasteiger partial charge in [0.05, 0.1) is 27.2 Å². The quantitative estimate of drug-likeness (QED) is 0.142. The molecule has 0 bridgehead atoms. The van der Waals surface area contributed by atoms with E-state index in [1.54, 1.807) is 18.2 Å². The summed E-state index contributed by atoms with van der Waals surface area (Å²) in [4.78, 5) is 30.2. The normalized spacial score (nSPS) is 14.1. The van der Waals surface area contributed by atoms with E-state index in [0.717, 1.165) is 54.1 Å². The monoisotopic (exact) mass is 739 g/mol. The first-order valence-corrected chi connectivity index (χ1v) is 18.8. The number of hydrogen-bond donors (Lipinski definition) is 1. The zero-order valence-electron chi connectivity index (χ0n) is 27.7. The van der Waals surface area contributed by atoms with Crippen LogP contribution in [0, 0.1) is 5.82 Å². The van der Waals surface area contributed by atoms with Crippen LogP contribution in [0.2, 0.25) is 10.0 Å². The van der Waals surface area contributed by atoms with Gasteiger partial charge in [-0.1, -0.05) is 78.9 Å². The van der Waals surface area contributed by atoms with Gasteiger partial charge in [-0.3, -0.25) is 13.9 Å². The Bertz CT molecular complexity index is 1860. The maximum absolute atomic E-state index is 14.7. The minimum atomic E-state index is -4.37. The second-order valence-electron chi connectivity index (χ2n) is 12.2.